The third-order valence-electron chi connectivity index (χ3n) is 3.44. The number of rotatable bonds is 2. The van der Waals surface area contributed by atoms with Crippen LogP contribution in [0, 0.1) is 11.3 Å². The Morgan fingerprint density at radius 1 is 1.50 bits per heavy atom. The van der Waals surface area contributed by atoms with E-state index in [-0.39, 0.29) is 5.92 Å². The summed E-state index contributed by atoms with van der Waals surface area (Å²) >= 11 is 0. The molecule has 0 saturated carbocycles. The monoisotopic (exact) mass is 197 g/mol. The molecule has 0 radical (unpaired) electrons. The molecule has 82 valence electrons. The molecular formula is C12H23NO. The van der Waals surface area contributed by atoms with Crippen molar-refractivity contribution in [3.05, 3.63) is 0 Å². The van der Waals surface area contributed by atoms with Crippen LogP contribution in [0.15, 0.2) is 0 Å². The molecule has 0 spiro atoms. The van der Waals surface area contributed by atoms with Crippen LogP contribution < -0.4 is 0 Å². The molecule has 0 N–H and O–H groups in total. The maximum atomic E-state index is 11.8. The maximum Gasteiger partial charge on any atom is 0.225 e. The van der Waals surface area contributed by atoms with Crippen LogP contribution in [0.25, 0.3) is 0 Å². The molecule has 0 aromatic heterocycles. The largest absolute Gasteiger partial charge is 0.342 e. The Hall–Kier alpha value is -0.530. The summed E-state index contributed by atoms with van der Waals surface area (Å²) in [5.41, 5.74) is 0.364. The summed E-state index contributed by atoms with van der Waals surface area (Å²) in [4.78, 5) is 13.9. The van der Waals surface area contributed by atoms with Gasteiger partial charge < -0.3 is 4.90 Å². The summed E-state index contributed by atoms with van der Waals surface area (Å²) in [5.74, 6) is 0.471. The van der Waals surface area contributed by atoms with E-state index in [1.807, 2.05) is 13.8 Å². The van der Waals surface area contributed by atoms with Crippen LogP contribution in [-0.2, 0) is 4.79 Å². The van der Waals surface area contributed by atoms with Gasteiger partial charge >= 0.3 is 0 Å². The molecule has 0 bridgehead atoms. The number of piperidine rings is 1. The molecule has 0 aliphatic carbocycles. The van der Waals surface area contributed by atoms with Gasteiger partial charge in [-0.2, -0.15) is 0 Å². The van der Waals surface area contributed by atoms with Crippen molar-refractivity contribution in [2.24, 2.45) is 11.3 Å². The molecular weight excluding hydrogens is 174 g/mol. The zero-order valence-electron chi connectivity index (χ0n) is 9.97. The fraction of sp³-hybridized carbons (Fsp3) is 0.917. The normalized spacial score (nSPS) is 28.2. The van der Waals surface area contributed by atoms with Crippen LogP contribution in [0.2, 0.25) is 0 Å². The van der Waals surface area contributed by atoms with E-state index in [0.29, 0.717) is 11.3 Å². The number of carbonyl (C=O) groups is 1. The van der Waals surface area contributed by atoms with Gasteiger partial charge in [0.1, 0.15) is 0 Å². The summed E-state index contributed by atoms with van der Waals surface area (Å²) < 4.78 is 0. The van der Waals surface area contributed by atoms with E-state index in [1.165, 1.54) is 19.3 Å². The molecule has 1 fully saturated rings. The fourth-order valence-electron chi connectivity index (χ4n) is 2.16. The third kappa shape index (κ3) is 2.49. The molecule has 0 aromatic carbocycles. The predicted molar refractivity (Wildman–Crippen MR) is 59.1 cm³/mol. The SMILES string of the molecule is CC[C@]1(C)CCCN(C(=O)C(C)C)C1. The number of hydrogen-bond donors (Lipinski definition) is 0. The number of likely N-dealkylation sites (tertiary alicyclic amines) is 1. The first-order chi connectivity index (χ1) is 6.48. The lowest BCUT2D eigenvalue weighted by molar-refractivity contribution is -0.137. The van der Waals surface area contributed by atoms with Crippen molar-refractivity contribution in [2.45, 2.75) is 47.0 Å². The van der Waals surface area contributed by atoms with E-state index >= 15 is 0 Å². The average Bonchev–Trinajstić information content (AvgIpc) is 2.16. The van der Waals surface area contributed by atoms with E-state index in [4.69, 9.17) is 0 Å². The number of nitrogens with zero attached hydrogens (tertiary/aromatic N) is 1. The van der Waals surface area contributed by atoms with Crippen molar-refractivity contribution in [1.29, 1.82) is 0 Å². The van der Waals surface area contributed by atoms with Gasteiger partial charge in [0.25, 0.3) is 0 Å². The first-order valence-corrected chi connectivity index (χ1v) is 5.77. The zero-order valence-corrected chi connectivity index (χ0v) is 9.97. The molecule has 0 aromatic rings. The summed E-state index contributed by atoms with van der Waals surface area (Å²) in [6.45, 7) is 10.4. The maximum absolute atomic E-state index is 11.8. The summed E-state index contributed by atoms with van der Waals surface area (Å²) in [7, 11) is 0. The van der Waals surface area contributed by atoms with Gasteiger partial charge in [-0.15, -0.1) is 0 Å². The second kappa shape index (κ2) is 4.33. The van der Waals surface area contributed by atoms with E-state index in [1.54, 1.807) is 0 Å². The van der Waals surface area contributed by atoms with Crippen LogP contribution in [0.3, 0.4) is 0 Å². The Morgan fingerprint density at radius 2 is 2.14 bits per heavy atom. The minimum atomic E-state index is 0.147. The van der Waals surface area contributed by atoms with Crippen molar-refractivity contribution < 1.29 is 4.79 Å². The van der Waals surface area contributed by atoms with Crippen molar-refractivity contribution in [3.8, 4) is 0 Å². The molecule has 1 amide bonds. The Labute approximate surface area is 87.7 Å². The predicted octanol–water partition coefficient (Wildman–Crippen LogP) is 2.68. The lowest BCUT2D eigenvalue weighted by atomic mass is 9.79. The van der Waals surface area contributed by atoms with Gasteiger partial charge in [0.15, 0.2) is 0 Å². The topological polar surface area (TPSA) is 20.3 Å². The number of amides is 1. The summed E-state index contributed by atoms with van der Waals surface area (Å²) in [6.07, 6.45) is 3.61. The third-order valence-corrected chi connectivity index (χ3v) is 3.44. The molecule has 1 aliphatic heterocycles. The van der Waals surface area contributed by atoms with Gasteiger partial charge in [0.2, 0.25) is 5.91 Å². The minimum absolute atomic E-state index is 0.147. The lowest BCUT2D eigenvalue weighted by Crippen LogP contribution is -2.46. The highest BCUT2D eigenvalue weighted by atomic mass is 16.2. The Morgan fingerprint density at radius 3 is 2.64 bits per heavy atom. The van der Waals surface area contributed by atoms with Gasteiger partial charge in [-0.05, 0) is 24.7 Å². The van der Waals surface area contributed by atoms with Crippen molar-refractivity contribution >= 4 is 5.91 Å². The van der Waals surface area contributed by atoms with Crippen LogP contribution >= 0.6 is 0 Å². The molecule has 1 aliphatic rings. The standard InChI is InChI=1S/C12H23NO/c1-5-12(4)7-6-8-13(9-12)11(14)10(2)3/h10H,5-9H2,1-4H3/t12-/m1/s1. The van der Waals surface area contributed by atoms with Crippen LogP contribution in [-0.4, -0.2) is 23.9 Å². The highest BCUT2D eigenvalue weighted by Crippen LogP contribution is 2.32. The Balaban J connectivity index is 2.60. The Kier molecular flexibility index (Phi) is 3.57. The highest BCUT2D eigenvalue weighted by molar-refractivity contribution is 5.78. The first kappa shape index (κ1) is 11.5. The van der Waals surface area contributed by atoms with Crippen molar-refractivity contribution in [1.82, 2.24) is 4.90 Å². The van der Waals surface area contributed by atoms with E-state index in [0.717, 1.165) is 13.1 Å². The highest BCUT2D eigenvalue weighted by Gasteiger charge is 2.32. The van der Waals surface area contributed by atoms with E-state index in [9.17, 15) is 4.79 Å². The molecule has 1 saturated heterocycles. The second-order valence-electron chi connectivity index (χ2n) is 5.18. The zero-order chi connectivity index (χ0) is 10.8. The molecule has 0 unspecified atom stereocenters. The summed E-state index contributed by atoms with van der Waals surface area (Å²) in [5, 5.41) is 0. The Bertz CT molecular complexity index is 212. The van der Waals surface area contributed by atoms with Gasteiger partial charge in [-0.3, -0.25) is 4.79 Å². The lowest BCUT2D eigenvalue weighted by Gasteiger charge is -2.40. The van der Waals surface area contributed by atoms with Gasteiger partial charge in [-0.1, -0.05) is 27.7 Å². The molecule has 14 heavy (non-hydrogen) atoms. The molecule has 1 heterocycles. The van der Waals surface area contributed by atoms with Crippen LogP contribution in [0.5, 0.6) is 0 Å². The first-order valence-electron chi connectivity index (χ1n) is 5.77. The van der Waals surface area contributed by atoms with Crippen LogP contribution in [0.4, 0.5) is 0 Å². The fourth-order valence-corrected chi connectivity index (χ4v) is 2.16. The van der Waals surface area contributed by atoms with Gasteiger partial charge in [0.05, 0.1) is 0 Å². The minimum Gasteiger partial charge on any atom is -0.342 e. The smallest absolute Gasteiger partial charge is 0.225 e. The molecule has 2 heteroatoms. The molecule has 1 rings (SSSR count). The summed E-state index contributed by atoms with van der Waals surface area (Å²) in [6, 6.07) is 0. The van der Waals surface area contributed by atoms with E-state index in [2.05, 4.69) is 18.7 Å². The van der Waals surface area contributed by atoms with Crippen LogP contribution in [0.1, 0.15) is 47.0 Å². The quantitative estimate of drug-likeness (QED) is 0.666. The van der Waals surface area contributed by atoms with Gasteiger partial charge in [-0.25, -0.2) is 0 Å². The molecule has 1 atom stereocenters. The van der Waals surface area contributed by atoms with Crippen molar-refractivity contribution in [3.63, 3.8) is 0 Å². The second-order valence-corrected chi connectivity index (χ2v) is 5.18. The van der Waals surface area contributed by atoms with Gasteiger partial charge in [0, 0.05) is 19.0 Å². The van der Waals surface area contributed by atoms with Crippen molar-refractivity contribution in [2.75, 3.05) is 13.1 Å². The number of hydrogen-bond acceptors (Lipinski definition) is 1. The molecule has 2 nitrogen and oxygen atoms in total. The number of carbonyl (C=O) groups excluding carboxylic acids is 1. The van der Waals surface area contributed by atoms with E-state index < -0.39 is 0 Å². The average molecular weight is 197 g/mol.